The molecule has 1 aliphatic heterocycles. The Kier molecular flexibility index (Phi) is 2.65. The fourth-order valence-electron chi connectivity index (χ4n) is 3.26. The lowest BCUT2D eigenvalue weighted by molar-refractivity contribution is 0.0689. The van der Waals surface area contributed by atoms with E-state index in [0.29, 0.717) is 17.4 Å². The van der Waals surface area contributed by atoms with Crippen LogP contribution in [0.4, 0.5) is 0 Å². The third-order valence-corrected chi connectivity index (χ3v) is 4.60. The zero-order chi connectivity index (χ0) is 13.7. The second-order valence-corrected chi connectivity index (χ2v) is 6.15. The van der Waals surface area contributed by atoms with Crippen LogP contribution in [-0.4, -0.2) is 30.7 Å². The summed E-state index contributed by atoms with van der Waals surface area (Å²) in [5.41, 5.74) is 0.697. The molecule has 1 aromatic carbocycles. The number of fused-ring (bicyclic) bond motifs is 1. The number of carbonyl (C=O) groups is 1. The van der Waals surface area contributed by atoms with Gasteiger partial charge in [-0.05, 0) is 55.7 Å². The van der Waals surface area contributed by atoms with Gasteiger partial charge in [-0.15, -0.1) is 0 Å². The standard InChI is InChI=1S/C16H19NO3/c1-17(15(10-2-3-10)11-4-5-11)16(18)12-6-7-13-14(8-12)20-9-19-13/h6-8,10-11,15H,2-5,9H2,1H3. The van der Waals surface area contributed by atoms with Gasteiger partial charge < -0.3 is 14.4 Å². The maximum Gasteiger partial charge on any atom is 0.254 e. The normalized spacial score (nSPS) is 20.3. The van der Waals surface area contributed by atoms with E-state index in [1.54, 1.807) is 6.07 Å². The number of carbonyl (C=O) groups excluding carboxylic acids is 1. The third kappa shape index (κ3) is 2.03. The quantitative estimate of drug-likeness (QED) is 0.846. The van der Waals surface area contributed by atoms with Crippen molar-refractivity contribution in [2.45, 2.75) is 31.7 Å². The van der Waals surface area contributed by atoms with Crippen LogP contribution in [0.3, 0.4) is 0 Å². The van der Waals surface area contributed by atoms with Crippen molar-refractivity contribution in [1.82, 2.24) is 4.90 Å². The first-order valence-electron chi connectivity index (χ1n) is 7.41. The van der Waals surface area contributed by atoms with Gasteiger partial charge in [-0.2, -0.15) is 0 Å². The van der Waals surface area contributed by atoms with Crippen LogP contribution in [0.5, 0.6) is 11.5 Å². The van der Waals surface area contributed by atoms with Crippen LogP contribution in [0.1, 0.15) is 36.0 Å². The lowest BCUT2D eigenvalue weighted by Gasteiger charge is -2.28. The Morgan fingerprint density at radius 2 is 1.80 bits per heavy atom. The average molecular weight is 273 g/mol. The Balaban J connectivity index is 1.56. The van der Waals surface area contributed by atoms with E-state index >= 15 is 0 Å². The SMILES string of the molecule is CN(C(=O)c1ccc2c(c1)OCO2)C(C1CC1)C1CC1. The molecule has 0 spiro atoms. The average Bonchev–Trinajstić information content (AvgIpc) is 3.38. The highest BCUT2D eigenvalue weighted by atomic mass is 16.7. The molecule has 0 saturated heterocycles. The highest BCUT2D eigenvalue weighted by Gasteiger charge is 2.45. The van der Waals surface area contributed by atoms with Gasteiger partial charge in [-0.1, -0.05) is 0 Å². The van der Waals surface area contributed by atoms with Gasteiger partial charge >= 0.3 is 0 Å². The molecule has 0 radical (unpaired) electrons. The van der Waals surface area contributed by atoms with Crippen molar-refractivity contribution in [3.8, 4) is 11.5 Å². The Morgan fingerprint density at radius 3 is 2.45 bits per heavy atom. The number of rotatable bonds is 4. The third-order valence-electron chi connectivity index (χ3n) is 4.60. The van der Waals surface area contributed by atoms with E-state index in [9.17, 15) is 4.79 Å². The molecule has 1 aromatic rings. The lowest BCUT2D eigenvalue weighted by Crippen LogP contribution is -2.40. The molecule has 0 unspecified atom stereocenters. The summed E-state index contributed by atoms with van der Waals surface area (Å²) in [5.74, 6) is 2.96. The fourth-order valence-corrected chi connectivity index (χ4v) is 3.26. The lowest BCUT2D eigenvalue weighted by atomic mass is 10.0. The number of hydrogen-bond acceptors (Lipinski definition) is 3. The van der Waals surface area contributed by atoms with Crippen molar-refractivity contribution < 1.29 is 14.3 Å². The summed E-state index contributed by atoms with van der Waals surface area (Å²) in [6.45, 7) is 0.246. The van der Waals surface area contributed by atoms with Crippen LogP contribution in [0.15, 0.2) is 18.2 Å². The summed E-state index contributed by atoms with van der Waals surface area (Å²) in [6, 6.07) is 5.90. The van der Waals surface area contributed by atoms with E-state index in [2.05, 4.69) is 0 Å². The Bertz CT molecular complexity index is 537. The molecule has 4 nitrogen and oxygen atoms in total. The number of ether oxygens (including phenoxy) is 2. The zero-order valence-corrected chi connectivity index (χ0v) is 11.7. The maximum atomic E-state index is 12.7. The minimum atomic E-state index is 0.104. The first-order chi connectivity index (χ1) is 9.74. The summed E-state index contributed by atoms with van der Waals surface area (Å²) in [5, 5.41) is 0. The van der Waals surface area contributed by atoms with Crippen LogP contribution < -0.4 is 9.47 Å². The molecule has 1 amide bonds. The van der Waals surface area contributed by atoms with E-state index < -0.39 is 0 Å². The largest absolute Gasteiger partial charge is 0.454 e. The monoisotopic (exact) mass is 273 g/mol. The van der Waals surface area contributed by atoms with E-state index in [-0.39, 0.29) is 12.7 Å². The number of hydrogen-bond donors (Lipinski definition) is 0. The molecule has 2 saturated carbocycles. The van der Waals surface area contributed by atoms with Gasteiger partial charge in [0, 0.05) is 18.7 Å². The van der Waals surface area contributed by atoms with Crippen molar-refractivity contribution in [1.29, 1.82) is 0 Å². The Labute approximate surface area is 118 Å². The molecule has 4 rings (SSSR count). The fraction of sp³-hybridized carbons (Fsp3) is 0.562. The molecule has 0 N–H and O–H groups in total. The van der Waals surface area contributed by atoms with Gasteiger partial charge in [-0.25, -0.2) is 0 Å². The Hall–Kier alpha value is -1.71. The van der Waals surface area contributed by atoms with Crippen LogP contribution in [0, 0.1) is 11.8 Å². The van der Waals surface area contributed by atoms with Crippen LogP contribution >= 0.6 is 0 Å². The molecule has 2 aliphatic carbocycles. The summed E-state index contributed by atoms with van der Waals surface area (Å²) >= 11 is 0. The van der Waals surface area contributed by atoms with E-state index in [1.807, 2.05) is 24.1 Å². The van der Waals surface area contributed by atoms with E-state index in [0.717, 1.165) is 17.6 Å². The summed E-state index contributed by atoms with van der Waals surface area (Å²) < 4.78 is 10.6. The van der Waals surface area contributed by atoms with Gasteiger partial charge in [0.05, 0.1) is 0 Å². The molecule has 2 fully saturated rings. The zero-order valence-electron chi connectivity index (χ0n) is 11.7. The van der Waals surface area contributed by atoms with Crippen molar-refractivity contribution in [3.05, 3.63) is 23.8 Å². The van der Waals surface area contributed by atoms with Crippen molar-refractivity contribution in [2.75, 3.05) is 13.8 Å². The molecule has 20 heavy (non-hydrogen) atoms. The second-order valence-electron chi connectivity index (χ2n) is 6.15. The summed E-state index contributed by atoms with van der Waals surface area (Å²) in [4.78, 5) is 14.6. The number of benzene rings is 1. The molecular weight excluding hydrogens is 254 g/mol. The van der Waals surface area contributed by atoms with Crippen LogP contribution in [0.2, 0.25) is 0 Å². The van der Waals surface area contributed by atoms with E-state index in [1.165, 1.54) is 25.7 Å². The number of amides is 1. The predicted octanol–water partition coefficient (Wildman–Crippen LogP) is 2.68. The van der Waals surface area contributed by atoms with Gasteiger partial charge in [0.2, 0.25) is 6.79 Å². The predicted molar refractivity (Wildman–Crippen MR) is 73.9 cm³/mol. The van der Waals surface area contributed by atoms with E-state index in [4.69, 9.17) is 9.47 Å². The van der Waals surface area contributed by atoms with Gasteiger partial charge in [0.1, 0.15) is 0 Å². The van der Waals surface area contributed by atoms with Crippen LogP contribution in [-0.2, 0) is 0 Å². The molecule has 0 atom stereocenters. The first-order valence-corrected chi connectivity index (χ1v) is 7.41. The van der Waals surface area contributed by atoms with Gasteiger partial charge in [0.25, 0.3) is 5.91 Å². The Morgan fingerprint density at radius 1 is 1.15 bits per heavy atom. The summed E-state index contributed by atoms with van der Waals surface area (Å²) in [6.07, 6.45) is 5.11. The maximum absolute atomic E-state index is 12.7. The van der Waals surface area contributed by atoms with Gasteiger partial charge in [0.15, 0.2) is 11.5 Å². The smallest absolute Gasteiger partial charge is 0.254 e. The second kappa shape index (κ2) is 4.40. The summed E-state index contributed by atoms with van der Waals surface area (Å²) in [7, 11) is 1.95. The highest BCUT2D eigenvalue weighted by molar-refractivity contribution is 5.95. The molecular formula is C16H19NO3. The minimum absolute atomic E-state index is 0.104. The minimum Gasteiger partial charge on any atom is -0.454 e. The first kappa shape index (κ1) is 12.1. The molecule has 3 aliphatic rings. The molecule has 0 bridgehead atoms. The molecule has 4 heteroatoms. The van der Waals surface area contributed by atoms with Crippen molar-refractivity contribution in [3.63, 3.8) is 0 Å². The molecule has 0 aromatic heterocycles. The molecule has 1 heterocycles. The number of nitrogens with zero attached hydrogens (tertiary/aromatic N) is 1. The van der Waals surface area contributed by atoms with Crippen molar-refractivity contribution >= 4 is 5.91 Å². The topological polar surface area (TPSA) is 38.8 Å². The van der Waals surface area contributed by atoms with Gasteiger partial charge in [-0.3, -0.25) is 4.79 Å². The van der Waals surface area contributed by atoms with Crippen molar-refractivity contribution in [2.24, 2.45) is 11.8 Å². The van der Waals surface area contributed by atoms with Crippen LogP contribution in [0.25, 0.3) is 0 Å². The highest BCUT2D eigenvalue weighted by Crippen LogP contribution is 2.47. The molecule has 106 valence electrons.